The molecule has 3 amide bonds. The molecule has 3 aromatic rings. The fourth-order valence-corrected chi connectivity index (χ4v) is 3.44. The van der Waals surface area contributed by atoms with E-state index in [1.54, 1.807) is 34.1 Å². The van der Waals surface area contributed by atoms with Gasteiger partial charge in [-0.05, 0) is 36.4 Å². The number of hydrogen-bond donors (Lipinski definition) is 1. The summed E-state index contributed by atoms with van der Waals surface area (Å²) < 4.78 is 18.7. The smallest absolute Gasteiger partial charge is 0.321 e. The Morgan fingerprint density at radius 1 is 1.03 bits per heavy atom. The molecule has 1 saturated heterocycles. The maximum atomic E-state index is 13.4. The molecule has 9 heteroatoms. The van der Waals surface area contributed by atoms with Gasteiger partial charge < -0.3 is 19.6 Å². The predicted molar refractivity (Wildman–Crippen MR) is 117 cm³/mol. The Bertz CT molecular complexity index is 1120. The maximum absolute atomic E-state index is 13.4. The third-order valence-corrected chi connectivity index (χ3v) is 5.24. The summed E-state index contributed by atoms with van der Waals surface area (Å²) in [5, 5.41) is 6.85. The van der Waals surface area contributed by atoms with Crippen LogP contribution in [0.2, 0.25) is 0 Å². The number of urea groups is 1. The van der Waals surface area contributed by atoms with Crippen molar-refractivity contribution in [3.8, 4) is 11.5 Å². The summed E-state index contributed by atoms with van der Waals surface area (Å²) in [5.74, 6) is 0.492. The van der Waals surface area contributed by atoms with Crippen LogP contribution in [0.1, 0.15) is 35.9 Å². The molecule has 1 aliphatic heterocycles. The molecule has 2 aromatic carbocycles. The van der Waals surface area contributed by atoms with Crippen molar-refractivity contribution >= 4 is 17.6 Å². The number of amides is 3. The Morgan fingerprint density at radius 2 is 1.75 bits per heavy atom. The number of rotatable bonds is 4. The van der Waals surface area contributed by atoms with E-state index in [0.717, 1.165) is 0 Å². The lowest BCUT2D eigenvalue weighted by Crippen LogP contribution is -2.51. The number of carbonyl (C=O) groups excluding carboxylic acids is 2. The largest absolute Gasteiger partial charge is 0.335 e. The molecule has 1 N–H and O–H groups in total. The van der Waals surface area contributed by atoms with Gasteiger partial charge in [-0.1, -0.05) is 31.1 Å². The highest BCUT2D eigenvalue weighted by molar-refractivity contribution is 5.94. The van der Waals surface area contributed by atoms with E-state index in [0.29, 0.717) is 54.7 Å². The van der Waals surface area contributed by atoms with Crippen molar-refractivity contribution in [3.05, 3.63) is 65.7 Å². The number of nitrogens with zero attached hydrogens (tertiary/aromatic N) is 4. The predicted octanol–water partition coefficient (Wildman–Crippen LogP) is 3.99. The first kappa shape index (κ1) is 21.5. The van der Waals surface area contributed by atoms with Gasteiger partial charge in [0.1, 0.15) is 5.82 Å². The zero-order valence-electron chi connectivity index (χ0n) is 17.9. The lowest BCUT2D eigenvalue weighted by molar-refractivity contribution is 0.0671. The van der Waals surface area contributed by atoms with Crippen LogP contribution in [0.15, 0.2) is 53.1 Å². The van der Waals surface area contributed by atoms with Gasteiger partial charge in [-0.15, -0.1) is 0 Å². The van der Waals surface area contributed by atoms with Gasteiger partial charge in [0, 0.05) is 48.9 Å². The third kappa shape index (κ3) is 4.77. The van der Waals surface area contributed by atoms with Crippen LogP contribution in [0.25, 0.3) is 11.5 Å². The van der Waals surface area contributed by atoms with Crippen molar-refractivity contribution in [1.29, 1.82) is 0 Å². The van der Waals surface area contributed by atoms with Gasteiger partial charge in [-0.3, -0.25) is 4.79 Å². The molecule has 1 aliphatic rings. The Balaban J connectivity index is 1.35. The van der Waals surface area contributed by atoms with E-state index >= 15 is 0 Å². The highest BCUT2D eigenvalue weighted by Crippen LogP contribution is 2.23. The Labute approximate surface area is 185 Å². The summed E-state index contributed by atoms with van der Waals surface area (Å²) in [6.45, 7) is 5.49. The van der Waals surface area contributed by atoms with E-state index in [9.17, 15) is 14.0 Å². The zero-order chi connectivity index (χ0) is 22.7. The minimum Gasteiger partial charge on any atom is -0.335 e. The highest BCUT2D eigenvalue weighted by atomic mass is 19.1. The molecule has 0 saturated carbocycles. The lowest BCUT2D eigenvalue weighted by atomic mass is 10.1. The first-order valence-electron chi connectivity index (χ1n) is 10.5. The third-order valence-electron chi connectivity index (χ3n) is 5.24. The van der Waals surface area contributed by atoms with E-state index < -0.39 is 5.82 Å². The van der Waals surface area contributed by atoms with Crippen LogP contribution < -0.4 is 5.32 Å². The molecule has 0 radical (unpaired) electrons. The quantitative estimate of drug-likeness (QED) is 0.666. The van der Waals surface area contributed by atoms with Crippen molar-refractivity contribution < 1.29 is 18.5 Å². The summed E-state index contributed by atoms with van der Waals surface area (Å²) in [4.78, 5) is 32.9. The molecule has 1 fully saturated rings. The normalized spacial score (nSPS) is 14.0. The number of halogens is 1. The molecular formula is C23H24FN5O3. The second kappa shape index (κ2) is 9.17. The van der Waals surface area contributed by atoms with Crippen LogP contribution in [0.5, 0.6) is 0 Å². The summed E-state index contributed by atoms with van der Waals surface area (Å²) >= 11 is 0. The topological polar surface area (TPSA) is 91.6 Å². The number of hydrogen-bond acceptors (Lipinski definition) is 5. The Morgan fingerprint density at radius 3 is 2.44 bits per heavy atom. The number of anilines is 1. The van der Waals surface area contributed by atoms with Crippen molar-refractivity contribution in [2.75, 3.05) is 31.5 Å². The van der Waals surface area contributed by atoms with E-state index in [1.807, 2.05) is 19.9 Å². The van der Waals surface area contributed by atoms with E-state index in [1.165, 1.54) is 18.2 Å². The molecule has 0 atom stereocenters. The second-order valence-corrected chi connectivity index (χ2v) is 7.91. The van der Waals surface area contributed by atoms with Crippen molar-refractivity contribution in [3.63, 3.8) is 0 Å². The number of benzene rings is 2. The van der Waals surface area contributed by atoms with Gasteiger partial charge in [0.2, 0.25) is 0 Å². The van der Waals surface area contributed by atoms with Crippen LogP contribution in [-0.2, 0) is 0 Å². The maximum Gasteiger partial charge on any atom is 0.321 e. The first-order chi connectivity index (χ1) is 15.4. The minimum absolute atomic E-state index is 0.154. The summed E-state index contributed by atoms with van der Waals surface area (Å²) in [6, 6.07) is 12.6. The van der Waals surface area contributed by atoms with Crippen molar-refractivity contribution in [2.45, 2.75) is 19.8 Å². The number of nitrogens with one attached hydrogen (secondary N) is 1. The van der Waals surface area contributed by atoms with Crippen molar-refractivity contribution in [2.24, 2.45) is 0 Å². The van der Waals surface area contributed by atoms with Crippen LogP contribution >= 0.6 is 0 Å². The average Bonchev–Trinajstić information content (AvgIpc) is 3.30. The summed E-state index contributed by atoms with van der Waals surface area (Å²) in [6.07, 6.45) is 0. The van der Waals surface area contributed by atoms with Gasteiger partial charge in [0.25, 0.3) is 11.8 Å². The summed E-state index contributed by atoms with van der Waals surface area (Å²) in [7, 11) is 0. The molecule has 32 heavy (non-hydrogen) atoms. The molecule has 0 spiro atoms. The van der Waals surface area contributed by atoms with Gasteiger partial charge in [0.05, 0.1) is 0 Å². The van der Waals surface area contributed by atoms with Gasteiger partial charge in [-0.25, -0.2) is 9.18 Å². The Hall–Kier alpha value is -3.75. The molecule has 4 rings (SSSR count). The minimum atomic E-state index is -0.447. The molecule has 0 aliphatic carbocycles. The highest BCUT2D eigenvalue weighted by Gasteiger charge is 2.25. The number of aromatic nitrogens is 2. The van der Waals surface area contributed by atoms with Crippen LogP contribution in [0.3, 0.4) is 0 Å². The van der Waals surface area contributed by atoms with Crippen LogP contribution in [0, 0.1) is 5.82 Å². The molecule has 8 nitrogen and oxygen atoms in total. The second-order valence-electron chi connectivity index (χ2n) is 7.91. The van der Waals surface area contributed by atoms with Gasteiger partial charge >= 0.3 is 6.03 Å². The molecule has 1 aromatic heterocycles. The van der Waals surface area contributed by atoms with Gasteiger partial charge in [-0.2, -0.15) is 4.98 Å². The first-order valence-corrected chi connectivity index (χ1v) is 10.5. The summed E-state index contributed by atoms with van der Waals surface area (Å²) in [5.41, 5.74) is 1.63. The zero-order valence-corrected chi connectivity index (χ0v) is 17.9. The van der Waals surface area contributed by atoms with Crippen molar-refractivity contribution in [1.82, 2.24) is 19.9 Å². The van der Waals surface area contributed by atoms with Crippen LogP contribution in [-0.4, -0.2) is 58.1 Å². The SMILES string of the molecule is CC(C)c1noc(-c2cccc(NC(=O)N3CCN(C(=O)c4cccc(F)c4)CC3)c2)n1. The molecule has 0 bridgehead atoms. The number of carbonyl (C=O) groups is 2. The molecule has 2 heterocycles. The van der Waals surface area contributed by atoms with Gasteiger partial charge in [0.15, 0.2) is 5.82 Å². The fourth-order valence-electron chi connectivity index (χ4n) is 3.44. The van der Waals surface area contributed by atoms with E-state index in [-0.39, 0.29) is 17.9 Å². The standard InChI is InChI=1S/C23H24FN5O3/c1-15(2)20-26-21(32-27-20)16-5-4-8-19(14-16)25-23(31)29-11-9-28(10-12-29)22(30)17-6-3-7-18(24)13-17/h3-8,13-15H,9-12H2,1-2H3,(H,25,31). The van der Waals surface area contributed by atoms with E-state index in [2.05, 4.69) is 15.5 Å². The Kier molecular flexibility index (Phi) is 6.16. The van der Waals surface area contributed by atoms with E-state index in [4.69, 9.17) is 4.52 Å². The fraction of sp³-hybridized carbons (Fsp3) is 0.304. The molecule has 0 unspecified atom stereocenters. The molecule has 166 valence electrons. The van der Waals surface area contributed by atoms with Crippen LogP contribution in [0.4, 0.5) is 14.9 Å². The molecular weight excluding hydrogens is 413 g/mol. The average molecular weight is 437 g/mol. The lowest BCUT2D eigenvalue weighted by Gasteiger charge is -2.34. The number of piperazine rings is 1. The monoisotopic (exact) mass is 437 g/mol.